The predicted molar refractivity (Wildman–Crippen MR) is 109 cm³/mol. The highest BCUT2D eigenvalue weighted by Gasteiger charge is 2.24. The molecule has 28 heavy (non-hydrogen) atoms. The molecule has 0 fully saturated rings. The summed E-state index contributed by atoms with van der Waals surface area (Å²) in [6, 6.07) is 10.9. The number of anilines is 2. The molecule has 0 aliphatic carbocycles. The van der Waals surface area contributed by atoms with Crippen LogP contribution in [0.15, 0.2) is 40.8 Å². The van der Waals surface area contributed by atoms with Crippen molar-refractivity contribution >= 4 is 34.3 Å². The third-order valence-electron chi connectivity index (χ3n) is 5.00. The maximum atomic E-state index is 12.7. The van der Waals surface area contributed by atoms with Crippen molar-refractivity contribution in [3.05, 3.63) is 53.4 Å². The summed E-state index contributed by atoms with van der Waals surface area (Å²) >= 11 is 0. The van der Waals surface area contributed by atoms with Crippen LogP contribution < -0.4 is 10.2 Å². The molecular formula is C22H23N3O3. The van der Waals surface area contributed by atoms with E-state index in [0.717, 1.165) is 23.2 Å². The van der Waals surface area contributed by atoms with Crippen LogP contribution in [0.1, 0.15) is 54.9 Å². The summed E-state index contributed by atoms with van der Waals surface area (Å²) in [7, 11) is 0. The second kappa shape index (κ2) is 7.11. The van der Waals surface area contributed by atoms with Crippen molar-refractivity contribution < 1.29 is 14.0 Å². The molecule has 2 heterocycles. The van der Waals surface area contributed by atoms with E-state index in [0.29, 0.717) is 35.7 Å². The van der Waals surface area contributed by atoms with Crippen LogP contribution in [-0.2, 0) is 11.2 Å². The number of amides is 2. The number of fused-ring (bicyclic) bond motifs is 2. The van der Waals surface area contributed by atoms with Crippen molar-refractivity contribution in [1.82, 2.24) is 4.98 Å². The first-order valence-corrected chi connectivity index (χ1v) is 9.61. The van der Waals surface area contributed by atoms with Gasteiger partial charge in [0.2, 0.25) is 5.91 Å². The molecule has 6 heteroatoms. The van der Waals surface area contributed by atoms with Gasteiger partial charge in [-0.15, -0.1) is 0 Å². The molecule has 1 aliphatic rings. The first-order chi connectivity index (χ1) is 13.5. The minimum absolute atomic E-state index is 0.109. The molecule has 6 nitrogen and oxygen atoms in total. The number of rotatable bonds is 4. The number of nitrogens with zero attached hydrogens (tertiary/aromatic N) is 2. The van der Waals surface area contributed by atoms with Gasteiger partial charge >= 0.3 is 0 Å². The highest BCUT2D eigenvalue weighted by molar-refractivity contribution is 6.06. The second-order valence-corrected chi connectivity index (χ2v) is 7.34. The standard InChI is InChI=1S/C22H23N3O3/c1-4-20(26)25-10-9-14-11-15(5-7-18(14)25)21(27)23-16-6-8-19-17(12-16)24-22(28-19)13(2)3/h5-8,11-13H,4,9-10H2,1-3H3,(H,23,27). The van der Waals surface area contributed by atoms with Crippen molar-refractivity contribution in [2.45, 2.75) is 39.5 Å². The van der Waals surface area contributed by atoms with Crippen LogP contribution in [0.25, 0.3) is 11.1 Å². The zero-order valence-electron chi connectivity index (χ0n) is 16.3. The third-order valence-corrected chi connectivity index (χ3v) is 5.00. The number of nitrogens with one attached hydrogen (secondary N) is 1. The van der Waals surface area contributed by atoms with Gasteiger partial charge in [0.05, 0.1) is 0 Å². The van der Waals surface area contributed by atoms with E-state index in [1.54, 1.807) is 11.0 Å². The molecule has 0 spiro atoms. The van der Waals surface area contributed by atoms with Crippen LogP contribution in [0.5, 0.6) is 0 Å². The number of carbonyl (C=O) groups is 2. The second-order valence-electron chi connectivity index (χ2n) is 7.34. The summed E-state index contributed by atoms with van der Waals surface area (Å²) in [6.07, 6.45) is 1.25. The number of oxazole rings is 1. The lowest BCUT2D eigenvalue weighted by Gasteiger charge is -2.16. The monoisotopic (exact) mass is 377 g/mol. The summed E-state index contributed by atoms with van der Waals surface area (Å²) in [4.78, 5) is 31.0. The lowest BCUT2D eigenvalue weighted by atomic mass is 10.1. The molecule has 4 rings (SSSR count). The van der Waals surface area contributed by atoms with Gasteiger partial charge in [0.1, 0.15) is 5.52 Å². The summed E-state index contributed by atoms with van der Waals surface area (Å²) in [5, 5.41) is 2.92. The Morgan fingerprint density at radius 3 is 2.79 bits per heavy atom. The maximum absolute atomic E-state index is 12.7. The van der Waals surface area contributed by atoms with E-state index >= 15 is 0 Å². The fourth-order valence-electron chi connectivity index (χ4n) is 3.47. The van der Waals surface area contributed by atoms with E-state index in [1.807, 2.05) is 51.1 Å². The fourth-order valence-corrected chi connectivity index (χ4v) is 3.47. The molecule has 1 aliphatic heterocycles. The van der Waals surface area contributed by atoms with Crippen LogP contribution in [0.3, 0.4) is 0 Å². The number of aromatic nitrogens is 1. The van der Waals surface area contributed by atoms with Gasteiger partial charge < -0.3 is 14.6 Å². The zero-order valence-corrected chi connectivity index (χ0v) is 16.3. The number of hydrogen-bond acceptors (Lipinski definition) is 4. The van der Waals surface area contributed by atoms with Gasteiger partial charge in [0, 0.05) is 35.8 Å². The highest BCUT2D eigenvalue weighted by Crippen LogP contribution is 2.30. The van der Waals surface area contributed by atoms with Gasteiger partial charge in [-0.3, -0.25) is 9.59 Å². The van der Waals surface area contributed by atoms with E-state index in [1.165, 1.54) is 0 Å². The Balaban J connectivity index is 1.54. The summed E-state index contributed by atoms with van der Waals surface area (Å²) in [6.45, 7) is 6.58. The molecule has 0 saturated heterocycles. The summed E-state index contributed by atoms with van der Waals surface area (Å²) < 4.78 is 5.71. The fraction of sp³-hybridized carbons (Fsp3) is 0.318. The van der Waals surface area contributed by atoms with Crippen LogP contribution in [0, 0.1) is 0 Å². The smallest absolute Gasteiger partial charge is 0.255 e. The number of hydrogen-bond donors (Lipinski definition) is 1. The van der Waals surface area contributed by atoms with Gasteiger partial charge in [-0.2, -0.15) is 0 Å². The van der Waals surface area contributed by atoms with Gasteiger partial charge in [-0.05, 0) is 48.4 Å². The van der Waals surface area contributed by atoms with Gasteiger partial charge in [0.15, 0.2) is 11.5 Å². The molecule has 3 aromatic rings. The first-order valence-electron chi connectivity index (χ1n) is 9.61. The maximum Gasteiger partial charge on any atom is 0.255 e. The van der Waals surface area contributed by atoms with E-state index in [-0.39, 0.29) is 17.7 Å². The Morgan fingerprint density at radius 2 is 2.04 bits per heavy atom. The molecular weight excluding hydrogens is 354 g/mol. The van der Waals surface area contributed by atoms with E-state index < -0.39 is 0 Å². The zero-order chi connectivity index (χ0) is 19.8. The lowest BCUT2D eigenvalue weighted by molar-refractivity contribution is -0.118. The highest BCUT2D eigenvalue weighted by atomic mass is 16.3. The number of carbonyl (C=O) groups excluding carboxylic acids is 2. The minimum Gasteiger partial charge on any atom is -0.440 e. The molecule has 0 radical (unpaired) electrons. The largest absolute Gasteiger partial charge is 0.440 e. The van der Waals surface area contributed by atoms with Crippen molar-refractivity contribution in [2.24, 2.45) is 0 Å². The molecule has 1 aromatic heterocycles. The molecule has 0 unspecified atom stereocenters. The van der Waals surface area contributed by atoms with Gasteiger partial charge in [-0.25, -0.2) is 4.98 Å². The Kier molecular flexibility index (Phi) is 4.63. The predicted octanol–water partition coefficient (Wildman–Crippen LogP) is 4.50. The van der Waals surface area contributed by atoms with Crippen LogP contribution in [0.4, 0.5) is 11.4 Å². The average molecular weight is 377 g/mol. The van der Waals surface area contributed by atoms with Crippen molar-refractivity contribution in [2.75, 3.05) is 16.8 Å². The molecule has 2 aromatic carbocycles. The molecule has 0 saturated carbocycles. The molecule has 144 valence electrons. The summed E-state index contributed by atoms with van der Waals surface area (Å²) in [5.74, 6) is 0.812. The van der Waals surface area contributed by atoms with Crippen molar-refractivity contribution in [3.8, 4) is 0 Å². The lowest BCUT2D eigenvalue weighted by Crippen LogP contribution is -2.27. The van der Waals surface area contributed by atoms with Crippen LogP contribution >= 0.6 is 0 Å². The Labute approximate surface area is 163 Å². The Bertz CT molecular complexity index is 1070. The summed E-state index contributed by atoms with van der Waals surface area (Å²) in [5.41, 5.74) is 4.62. The topological polar surface area (TPSA) is 75.4 Å². The minimum atomic E-state index is -0.185. The van der Waals surface area contributed by atoms with Crippen LogP contribution in [0.2, 0.25) is 0 Å². The van der Waals surface area contributed by atoms with Crippen LogP contribution in [-0.4, -0.2) is 23.3 Å². The van der Waals surface area contributed by atoms with Gasteiger partial charge in [0.25, 0.3) is 5.91 Å². The number of benzene rings is 2. The SMILES string of the molecule is CCC(=O)N1CCc2cc(C(=O)Nc3ccc4oc(C(C)C)nc4c3)ccc21. The normalized spacial score (nSPS) is 13.2. The van der Waals surface area contributed by atoms with E-state index in [4.69, 9.17) is 4.42 Å². The van der Waals surface area contributed by atoms with Crippen molar-refractivity contribution in [3.63, 3.8) is 0 Å². The van der Waals surface area contributed by atoms with Gasteiger partial charge in [-0.1, -0.05) is 20.8 Å². The average Bonchev–Trinajstić information content (AvgIpc) is 3.30. The van der Waals surface area contributed by atoms with E-state index in [9.17, 15) is 9.59 Å². The Hall–Kier alpha value is -3.15. The third kappa shape index (κ3) is 3.26. The molecule has 2 amide bonds. The first kappa shape index (κ1) is 18.2. The van der Waals surface area contributed by atoms with E-state index in [2.05, 4.69) is 10.3 Å². The Morgan fingerprint density at radius 1 is 1.21 bits per heavy atom. The molecule has 0 bridgehead atoms. The molecule has 1 N–H and O–H groups in total. The quantitative estimate of drug-likeness (QED) is 0.726. The van der Waals surface area contributed by atoms with Crippen molar-refractivity contribution in [1.29, 1.82) is 0 Å². The molecule has 0 atom stereocenters.